The first-order valence-corrected chi connectivity index (χ1v) is 0. The smallest absolute Gasteiger partial charge is 2.00 e. The minimum Gasteiger partial charge on any atom is -2.00 e. The molecule has 0 aromatic carbocycles. The molecule has 4 nitrogen and oxygen atoms in total. The van der Waals surface area contributed by atoms with Crippen LogP contribution in [0.4, 0.5) is 0 Å². The molecule has 0 spiro atoms. The predicted octanol–water partition coefficient (Wildman–Crippen LogP) is -1.56. The fraction of sp³-hybridized carbons (Fsp3) is 0. The van der Waals surface area contributed by atoms with Crippen molar-refractivity contribution in [2.75, 3.05) is 0 Å². The van der Waals surface area contributed by atoms with Crippen molar-refractivity contribution in [3.8, 4) is 0 Å². The zero-order valence-electron chi connectivity index (χ0n) is 2.30. The molecule has 0 atom stereocenters. The van der Waals surface area contributed by atoms with E-state index < -0.39 is 0 Å². The Hall–Kier alpha value is 0.372. The Labute approximate surface area is 40.2 Å². The van der Waals surface area contributed by atoms with Gasteiger partial charge in [-0.3, -0.25) is 0 Å². The molecule has 0 radical (unpaired) electrons. The Morgan fingerprint density at radius 3 is 0.600 bits per heavy atom. The minimum atomic E-state index is 0. The minimum absolute atomic E-state index is 0. The molecule has 0 aliphatic heterocycles. The third kappa shape index (κ3) is 177. The van der Waals surface area contributed by atoms with E-state index in [1.807, 2.05) is 0 Å². The van der Waals surface area contributed by atoms with Gasteiger partial charge in [0, 0.05) is 0 Å². The van der Waals surface area contributed by atoms with Crippen molar-refractivity contribution >= 4 is 17.4 Å². The van der Waals surface area contributed by atoms with E-state index in [9.17, 15) is 0 Å². The van der Waals surface area contributed by atoms with E-state index in [4.69, 9.17) is 0 Å². The Morgan fingerprint density at radius 2 is 0.600 bits per heavy atom. The zero-order valence-corrected chi connectivity index (χ0v) is 3.46. The molecular formula is H2AlO4-3. The van der Waals surface area contributed by atoms with Gasteiger partial charge in [0.2, 0.25) is 0 Å². The summed E-state index contributed by atoms with van der Waals surface area (Å²) in [6.07, 6.45) is 0. The summed E-state index contributed by atoms with van der Waals surface area (Å²) in [7, 11) is 0. The van der Waals surface area contributed by atoms with Crippen LogP contribution in [-0.2, 0) is 16.4 Å². The fourth-order valence-electron chi connectivity index (χ4n) is 0. The van der Waals surface area contributed by atoms with E-state index in [1.54, 1.807) is 0 Å². The maximum absolute atomic E-state index is 0. The van der Waals surface area contributed by atoms with Crippen molar-refractivity contribution in [1.29, 1.82) is 0 Å². The standard InChI is InChI=1S/Al.H2O.3O/h;1H2;;;/q+3;;3*-2. The quantitative estimate of drug-likeness (QED) is 0.322. The van der Waals surface area contributed by atoms with Crippen LogP contribution in [0.3, 0.4) is 0 Å². The summed E-state index contributed by atoms with van der Waals surface area (Å²) in [5, 5.41) is 0. The molecule has 0 saturated heterocycles. The third-order valence-corrected chi connectivity index (χ3v) is 0. The van der Waals surface area contributed by atoms with Crippen LogP contribution < -0.4 is 0 Å². The zero-order chi connectivity index (χ0) is 0. The molecule has 0 aliphatic carbocycles. The molecule has 32 valence electrons. The van der Waals surface area contributed by atoms with Gasteiger partial charge in [-0.1, -0.05) is 0 Å². The van der Waals surface area contributed by atoms with Crippen molar-refractivity contribution in [3.63, 3.8) is 0 Å². The maximum Gasteiger partial charge on any atom is 3.00 e. The second-order valence-corrected chi connectivity index (χ2v) is 0. The van der Waals surface area contributed by atoms with E-state index >= 15 is 0 Å². The summed E-state index contributed by atoms with van der Waals surface area (Å²) >= 11 is 0. The van der Waals surface area contributed by atoms with E-state index in [0.717, 1.165) is 0 Å². The van der Waals surface area contributed by atoms with Gasteiger partial charge in [-0.15, -0.1) is 0 Å². The van der Waals surface area contributed by atoms with Gasteiger partial charge >= 0.3 is 17.4 Å². The van der Waals surface area contributed by atoms with Gasteiger partial charge in [-0.05, 0) is 0 Å². The van der Waals surface area contributed by atoms with Crippen LogP contribution in [0.2, 0.25) is 0 Å². The molecule has 0 saturated carbocycles. The summed E-state index contributed by atoms with van der Waals surface area (Å²) in [6.45, 7) is 0. The van der Waals surface area contributed by atoms with Crippen molar-refractivity contribution < 1.29 is 21.9 Å². The molecule has 0 aromatic rings. The average molecular weight is 93.0 g/mol. The fourth-order valence-corrected chi connectivity index (χ4v) is 0. The Balaban J connectivity index is 0. The van der Waals surface area contributed by atoms with Crippen LogP contribution in [0, 0.1) is 0 Å². The topological polar surface area (TPSA) is 117 Å². The van der Waals surface area contributed by atoms with Crippen LogP contribution in [0.1, 0.15) is 0 Å². The second-order valence-electron chi connectivity index (χ2n) is 0. The SMILES string of the molecule is O.[Al+3].[O-2].[O-2].[O-2]. The number of hydrogen-bond acceptors (Lipinski definition) is 0. The van der Waals surface area contributed by atoms with E-state index in [2.05, 4.69) is 0 Å². The van der Waals surface area contributed by atoms with E-state index in [-0.39, 0.29) is 39.3 Å². The van der Waals surface area contributed by atoms with Crippen LogP contribution in [0.15, 0.2) is 0 Å². The summed E-state index contributed by atoms with van der Waals surface area (Å²) in [5.74, 6) is 0. The summed E-state index contributed by atoms with van der Waals surface area (Å²) < 4.78 is 0. The molecule has 0 amide bonds. The van der Waals surface area contributed by atoms with Gasteiger partial charge in [0.25, 0.3) is 0 Å². The first-order valence-electron chi connectivity index (χ1n) is 0. The molecule has 5 heteroatoms. The average Bonchev–Trinajstić information content (AvgIpc) is 0. The first-order chi connectivity index (χ1) is 0. The van der Waals surface area contributed by atoms with Gasteiger partial charge in [0.1, 0.15) is 0 Å². The summed E-state index contributed by atoms with van der Waals surface area (Å²) in [4.78, 5) is 0. The molecule has 0 fully saturated rings. The monoisotopic (exact) mass is 93.0 g/mol. The number of hydrogen-bond donors (Lipinski definition) is 0. The molecule has 5 heavy (non-hydrogen) atoms. The van der Waals surface area contributed by atoms with Crippen molar-refractivity contribution in [3.05, 3.63) is 0 Å². The predicted molar refractivity (Wildman–Crippen MR) is 11.4 cm³/mol. The summed E-state index contributed by atoms with van der Waals surface area (Å²) in [6, 6.07) is 0. The van der Waals surface area contributed by atoms with Crippen molar-refractivity contribution in [1.82, 2.24) is 0 Å². The molecule has 0 heterocycles. The third-order valence-electron chi connectivity index (χ3n) is 0. The Kier molecular flexibility index (Phi) is 53100. The van der Waals surface area contributed by atoms with Crippen LogP contribution in [-0.4, -0.2) is 22.8 Å². The molecule has 0 aromatic heterocycles. The van der Waals surface area contributed by atoms with Gasteiger partial charge in [0.05, 0.1) is 0 Å². The molecule has 0 aliphatic rings. The van der Waals surface area contributed by atoms with E-state index in [0.29, 0.717) is 0 Å². The van der Waals surface area contributed by atoms with Gasteiger partial charge in [-0.25, -0.2) is 0 Å². The number of rotatable bonds is 0. The first kappa shape index (κ1) is 740. The van der Waals surface area contributed by atoms with Crippen LogP contribution in [0.5, 0.6) is 0 Å². The molecule has 0 unspecified atom stereocenters. The van der Waals surface area contributed by atoms with Crippen molar-refractivity contribution in [2.24, 2.45) is 0 Å². The molecule has 0 rings (SSSR count). The second kappa shape index (κ2) is 358. The maximum atomic E-state index is 0. The molecular weight excluding hydrogens is 91.0 g/mol. The van der Waals surface area contributed by atoms with Gasteiger partial charge < -0.3 is 21.9 Å². The van der Waals surface area contributed by atoms with Crippen LogP contribution >= 0.6 is 0 Å². The Morgan fingerprint density at radius 1 is 0.600 bits per heavy atom. The molecule has 0 bridgehead atoms. The van der Waals surface area contributed by atoms with Crippen molar-refractivity contribution in [2.45, 2.75) is 0 Å². The van der Waals surface area contributed by atoms with Gasteiger partial charge in [-0.2, -0.15) is 0 Å². The van der Waals surface area contributed by atoms with Crippen LogP contribution in [0.25, 0.3) is 0 Å². The van der Waals surface area contributed by atoms with Gasteiger partial charge in [0.15, 0.2) is 0 Å². The molecule has 2 N–H and O–H groups in total. The summed E-state index contributed by atoms with van der Waals surface area (Å²) in [5.41, 5.74) is 0. The Bertz CT molecular complexity index is 3.61. The largest absolute Gasteiger partial charge is 3.00 e. The normalized spacial score (nSPS) is 0. The van der Waals surface area contributed by atoms with E-state index in [1.165, 1.54) is 0 Å².